The summed E-state index contributed by atoms with van der Waals surface area (Å²) in [4.78, 5) is 11.7. The first-order valence-corrected chi connectivity index (χ1v) is 5.51. The van der Waals surface area contributed by atoms with Gasteiger partial charge in [-0.25, -0.2) is 4.79 Å². The minimum atomic E-state index is -1.52. The number of esters is 1. The van der Waals surface area contributed by atoms with Gasteiger partial charge in [0.1, 0.15) is 0 Å². The van der Waals surface area contributed by atoms with Gasteiger partial charge in [0.15, 0.2) is 5.60 Å². The van der Waals surface area contributed by atoms with E-state index in [2.05, 4.69) is 0 Å². The maximum Gasteiger partial charge on any atom is 0.342 e. The number of aryl methyl sites for hydroxylation is 1. The maximum atomic E-state index is 11.7. The molecule has 1 N–H and O–H groups in total. The van der Waals surface area contributed by atoms with Gasteiger partial charge in [0, 0.05) is 0 Å². The molecule has 1 aromatic carbocycles. The molecule has 3 heteroatoms. The summed E-state index contributed by atoms with van der Waals surface area (Å²) in [5.74, 6) is -0.582. The van der Waals surface area contributed by atoms with E-state index in [1.165, 1.54) is 0 Å². The number of carbonyl (C=O) groups excluding carboxylic acids is 1. The Morgan fingerprint density at radius 3 is 2.31 bits per heavy atom. The minimum Gasteiger partial charge on any atom is -0.464 e. The van der Waals surface area contributed by atoms with Crippen molar-refractivity contribution in [2.75, 3.05) is 6.61 Å². The van der Waals surface area contributed by atoms with Crippen LogP contribution in [-0.4, -0.2) is 17.7 Å². The fourth-order valence-electron chi connectivity index (χ4n) is 1.55. The van der Waals surface area contributed by atoms with E-state index in [4.69, 9.17) is 4.74 Å². The summed E-state index contributed by atoms with van der Waals surface area (Å²) in [6.07, 6.45) is 0.300. The van der Waals surface area contributed by atoms with Crippen molar-refractivity contribution in [3.63, 3.8) is 0 Å². The molecule has 0 heterocycles. The molecule has 0 aliphatic rings. The molecule has 1 atom stereocenters. The first-order chi connectivity index (χ1) is 7.54. The molecule has 0 radical (unpaired) electrons. The lowest BCUT2D eigenvalue weighted by Gasteiger charge is -2.24. The Labute approximate surface area is 96.1 Å². The fourth-order valence-corrected chi connectivity index (χ4v) is 1.55. The fraction of sp³-hybridized carbons (Fsp3) is 0.462. The van der Waals surface area contributed by atoms with Crippen molar-refractivity contribution in [2.45, 2.75) is 32.8 Å². The van der Waals surface area contributed by atoms with E-state index < -0.39 is 11.6 Å². The summed E-state index contributed by atoms with van der Waals surface area (Å²) in [5, 5.41) is 10.3. The maximum absolute atomic E-state index is 11.7. The summed E-state index contributed by atoms with van der Waals surface area (Å²) >= 11 is 0. The number of carbonyl (C=O) groups is 1. The van der Waals surface area contributed by atoms with E-state index in [1.54, 1.807) is 26.0 Å². The van der Waals surface area contributed by atoms with Crippen molar-refractivity contribution in [2.24, 2.45) is 0 Å². The highest BCUT2D eigenvalue weighted by atomic mass is 16.5. The van der Waals surface area contributed by atoms with Gasteiger partial charge < -0.3 is 9.84 Å². The number of hydrogen-bond acceptors (Lipinski definition) is 3. The molecule has 1 unspecified atom stereocenters. The zero-order valence-electron chi connectivity index (χ0n) is 9.99. The monoisotopic (exact) mass is 222 g/mol. The molecule has 1 aromatic rings. The van der Waals surface area contributed by atoms with Crippen molar-refractivity contribution < 1.29 is 14.6 Å². The van der Waals surface area contributed by atoms with E-state index in [1.807, 2.05) is 19.1 Å². The van der Waals surface area contributed by atoms with Crippen LogP contribution in [0.2, 0.25) is 0 Å². The van der Waals surface area contributed by atoms with Gasteiger partial charge >= 0.3 is 5.97 Å². The molecule has 0 saturated heterocycles. The van der Waals surface area contributed by atoms with Crippen LogP contribution < -0.4 is 0 Å². The standard InChI is InChI=1S/C13H18O3/c1-4-13(15,12(14)16-5-2)11-8-6-10(3)7-9-11/h6-9,15H,4-5H2,1-3H3. The zero-order chi connectivity index (χ0) is 12.2. The molecular formula is C13H18O3. The van der Waals surface area contributed by atoms with Crippen LogP contribution in [0.25, 0.3) is 0 Å². The first-order valence-electron chi connectivity index (χ1n) is 5.51. The number of ether oxygens (including phenoxy) is 1. The summed E-state index contributed by atoms with van der Waals surface area (Å²) in [6, 6.07) is 7.26. The average molecular weight is 222 g/mol. The largest absolute Gasteiger partial charge is 0.464 e. The van der Waals surface area contributed by atoms with Gasteiger partial charge in [0.05, 0.1) is 6.61 Å². The van der Waals surface area contributed by atoms with E-state index in [0.29, 0.717) is 12.0 Å². The summed E-state index contributed by atoms with van der Waals surface area (Å²) < 4.78 is 4.89. The van der Waals surface area contributed by atoms with Crippen molar-refractivity contribution in [1.29, 1.82) is 0 Å². The van der Waals surface area contributed by atoms with Crippen LogP contribution >= 0.6 is 0 Å². The smallest absolute Gasteiger partial charge is 0.342 e. The Bertz CT molecular complexity index is 356. The molecule has 0 fully saturated rings. The molecule has 0 bridgehead atoms. The molecule has 0 spiro atoms. The summed E-state index contributed by atoms with van der Waals surface area (Å²) in [5.41, 5.74) is 0.147. The molecule has 88 valence electrons. The first kappa shape index (κ1) is 12.7. The van der Waals surface area contributed by atoms with Crippen molar-refractivity contribution >= 4 is 5.97 Å². The normalized spacial score (nSPS) is 14.2. The highest BCUT2D eigenvalue weighted by Crippen LogP contribution is 2.26. The van der Waals surface area contributed by atoms with E-state index >= 15 is 0 Å². The van der Waals surface area contributed by atoms with E-state index in [9.17, 15) is 9.90 Å². The third-order valence-electron chi connectivity index (χ3n) is 2.65. The van der Waals surface area contributed by atoms with Crippen molar-refractivity contribution in [3.8, 4) is 0 Å². The van der Waals surface area contributed by atoms with Crippen LogP contribution in [0, 0.1) is 6.92 Å². The van der Waals surface area contributed by atoms with E-state index in [0.717, 1.165) is 5.56 Å². The number of aliphatic hydroxyl groups is 1. The second-order valence-corrected chi connectivity index (χ2v) is 3.80. The van der Waals surface area contributed by atoms with Gasteiger partial charge in [-0.3, -0.25) is 0 Å². The molecular weight excluding hydrogens is 204 g/mol. The molecule has 3 nitrogen and oxygen atoms in total. The van der Waals surface area contributed by atoms with Gasteiger partial charge in [-0.2, -0.15) is 0 Å². The number of hydrogen-bond donors (Lipinski definition) is 1. The highest BCUT2D eigenvalue weighted by Gasteiger charge is 2.37. The lowest BCUT2D eigenvalue weighted by Crippen LogP contribution is -2.36. The summed E-state index contributed by atoms with van der Waals surface area (Å²) in [6.45, 7) is 5.71. The SMILES string of the molecule is CCOC(=O)C(O)(CC)c1ccc(C)cc1. The topological polar surface area (TPSA) is 46.5 Å². The molecule has 0 aliphatic carbocycles. The molecule has 0 aromatic heterocycles. The van der Waals surface area contributed by atoms with Crippen LogP contribution in [-0.2, 0) is 15.1 Å². The van der Waals surface area contributed by atoms with Gasteiger partial charge in [-0.1, -0.05) is 36.8 Å². The number of rotatable bonds is 4. The Morgan fingerprint density at radius 2 is 1.88 bits per heavy atom. The number of benzene rings is 1. The second kappa shape index (κ2) is 5.12. The Kier molecular flexibility index (Phi) is 4.07. The minimum absolute atomic E-state index is 0.271. The average Bonchev–Trinajstić information content (AvgIpc) is 2.29. The van der Waals surface area contributed by atoms with Crippen LogP contribution in [0.4, 0.5) is 0 Å². The quantitative estimate of drug-likeness (QED) is 0.794. The van der Waals surface area contributed by atoms with Crippen LogP contribution in [0.15, 0.2) is 24.3 Å². The third kappa shape index (κ3) is 2.42. The predicted molar refractivity (Wildman–Crippen MR) is 62.0 cm³/mol. The molecule has 0 saturated carbocycles. The van der Waals surface area contributed by atoms with Crippen molar-refractivity contribution in [1.82, 2.24) is 0 Å². The molecule has 16 heavy (non-hydrogen) atoms. The lowest BCUT2D eigenvalue weighted by molar-refractivity contribution is -0.166. The predicted octanol–water partition coefficient (Wildman–Crippen LogP) is 2.16. The zero-order valence-corrected chi connectivity index (χ0v) is 9.99. The Balaban J connectivity index is 3.04. The Hall–Kier alpha value is -1.35. The van der Waals surface area contributed by atoms with Crippen LogP contribution in [0.1, 0.15) is 31.4 Å². The van der Waals surface area contributed by atoms with Gasteiger partial charge in [0.2, 0.25) is 0 Å². The van der Waals surface area contributed by atoms with Crippen LogP contribution in [0.5, 0.6) is 0 Å². The van der Waals surface area contributed by atoms with Gasteiger partial charge in [0.25, 0.3) is 0 Å². The Morgan fingerprint density at radius 1 is 1.31 bits per heavy atom. The van der Waals surface area contributed by atoms with Gasteiger partial charge in [-0.15, -0.1) is 0 Å². The lowest BCUT2D eigenvalue weighted by atomic mass is 9.91. The van der Waals surface area contributed by atoms with Crippen molar-refractivity contribution in [3.05, 3.63) is 35.4 Å². The van der Waals surface area contributed by atoms with Crippen LogP contribution in [0.3, 0.4) is 0 Å². The second-order valence-electron chi connectivity index (χ2n) is 3.80. The molecule has 1 rings (SSSR count). The summed E-state index contributed by atoms with van der Waals surface area (Å²) in [7, 11) is 0. The van der Waals surface area contributed by atoms with E-state index in [-0.39, 0.29) is 6.61 Å². The molecule has 0 aliphatic heterocycles. The van der Waals surface area contributed by atoms with Gasteiger partial charge in [-0.05, 0) is 25.8 Å². The molecule has 0 amide bonds. The highest BCUT2D eigenvalue weighted by molar-refractivity contribution is 5.81. The third-order valence-corrected chi connectivity index (χ3v) is 2.65.